The predicted molar refractivity (Wildman–Crippen MR) is 73.0 cm³/mol. The molecule has 1 heterocycles. The quantitative estimate of drug-likeness (QED) is 0.651. The Kier molecular flexibility index (Phi) is 4.14. The van der Waals surface area contributed by atoms with Gasteiger partial charge < -0.3 is 5.32 Å². The van der Waals surface area contributed by atoms with E-state index in [0.717, 1.165) is 6.20 Å². The summed E-state index contributed by atoms with van der Waals surface area (Å²) in [5.41, 5.74) is 0.504. The highest BCUT2D eigenvalue weighted by Crippen LogP contribution is 2.20. The number of rotatable bonds is 5. The summed E-state index contributed by atoms with van der Waals surface area (Å²) in [6, 6.07) is 1.39. The topological polar surface area (TPSA) is 102 Å². The van der Waals surface area contributed by atoms with Crippen LogP contribution in [0, 0.1) is 17.0 Å². The molecule has 0 saturated heterocycles. The fraction of sp³-hybridized carbons (Fsp3) is 0.545. The molecule has 0 atom stereocenters. The zero-order valence-corrected chi connectivity index (χ0v) is 12.1. The molecular weight excluding hydrogens is 270 g/mol. The number of nitrogens with zero attached hydrogens (tertiary/aromatic N) is 2. The van der Waals surface area contributed by atoms with Crippen molar-refractivity contribution in [3.05, 3.63) is 27.9 Å². The molecular formula is C11H17N3O4S. The summed E-state index contributed by atoms with van der Waals surface area (Å²) in [7, 11) is -3.21. The van der Waals surface area contributed by atoms with Crippen molar-refractivity contribution in [1.29, 1.82) is 0 Å². The Balaban J connectivity index is 2.88. The molecule has 1 rings (SSSR count). The van der Waals surface area contributed by atoms with Gasteiger partial charge in [-0.05, 0) is 26.3 Å². The molecule has 19 heavy (non-hydrogen) atoms. The summed E-state index contributed by atoms with van der Waals surface area (Å²) in [5.74, 6) is 0.447. The van der Waals surface area contributed by atoms with Crippen LogP contribution in [-0.2, 0) is 9.84 Å². The highest BCUT2D eigenvalue weighted by Gasteiger charge is 2.30. The molecule has 0 aliphatic carbocycles. The molecule has 1 N–H and O–H groups in total. The Morgan fingerprint density at radius 1 is 1.47 bits per heavy atom. The van der Waals surface area contributed by atoms with Gasteiger partial charge in [0, 0.05) is 18.9 Å². The fourth-order valence-electron chi connectivity index (χ4n) is 1.27. The zero-order chi connectivity index (χ0) is 14.8. The van der Waals surface area contributed by atoms with Crippen molar-refractivity contribution in [3.63, 3.8) is 0 Å². The summed E-state index contributed by atoms with van der Waals surface area (Å²) >= 11 is 0. The third kappa shape index (κ3) is 3.63. The number of anilines is 1. The second-order valence-electron chi connectivity index (χ2n) is 5.00. The Labute approximate surface area is 112 Å². The number of nitro groups is 1. The molecule has 0 bridgehead atoms. The summed E-state index contributed by atoms with van der Waals surface area (Å²) in [6.07, 6.45) is 2.31. The van der Waals surface area contributed by atoms with Crippen LogP contribution >= 0.6 is 0 Å². The van der Waals surface area contributed by atoms with Gasteiger partial charge in [0.1, 0.15) is 12.0 Å². The van der Waals surface area contributed by atoms with E-state index in [1.165, 1.54) is 12.3 Å². The minimum absolute atomic E-state index is 0.0922. The van der Waals surface area contributed by atoms with Crippen molar-refractivity contribution in [1.82, 2.24) is 4.98 Å². The predicted octanol–water partition coefficient (Wildman–Crippen LogP) is 1.53. The lowest BCUT2D eigenvalue weighted by atomic mass is 10.2. The first kappa shape index (κ1) is 15.4. The van der Waals surface area contributed by atoms with E-state index in [0.29, 0.717) is 11.4 Å². The van der Waals surface area contributed by atoms with Crippen LogP contribution < -0.4 is 5.32 Å². The molecule has 0 fully saturated rings. The third-order valence-corrected chi connectivity index (χ3v) is 5.11. The smallest absolute Gasteiger partial charge is 0.287 e. The number of hydrogen-bond donors (Lipinski definition) is 1. The molecule has 106 valence electrons. The van der Waals surface area contributed by atoms with Gasteiger partial charge in [0.05, 0.1) is 9.67 Å². The van der Waals surface area contributed by atoms with Crippen LogP contribution in [0.3, 0.4) is 0 Å². The highest BCUT2D eigenvalue weighted by atomic mass is 32.2. The lowest BCUT2D eigenvalue weighted by Gasteiger charge is -2.23. The molecule has 0 aromatic carbocycles. The molecule has 0 radical (unpaired) electrons. The normalized spacial score (nSPS) is 12.2. The second kappa shape index (κ2) is 5.12. The average molecular weight is 287 g/mol. The number of nitrogens with one attached hydrogen (secondary N) is 1. The van der Waals surface area contributed by atoms with Crippen molar-refractivity contribution < 1.29 is 13.3 Å². The lowest BCUT2D eigenvalue weighted by Crippen LogP contribution is -2.38. The first-order chi connectivity index (χ1) is 8.54. The van der Waals surface area contributed by atoms with E-state index < -0.39 is 19.5 Å². The van der Waals surface area contributed by atoms with Gasteiger partial charge in [-0.25, -0.2) is 13.4 Å². The van der Waals surface area contributed by atoms with E-state index in [1.54, 1.807) is 20.8 Å². The lowest BCUT2D eigenvalue weighted by molar-refractivity contribution is -0.385. The number of aromatic nitrogens is 1. The molecule has 0 aliphatic heterocycles. The van der Waals surface area contributed by atoms with Gasteiger partial charge in [0.2, 0.25) is 0 Å². The molecule has 0 unspecified atom stereocenters. The van der Waals surface area contributed by atoms with E-state index >= 15 is 0 Å². The van der Waals surface area contributed by atoms with Gasteiger partial charge in [-0.1, -0.05) is 0 Å². The molecule has 1 aromatic heterocycles. The first-order valence-electron chi connectivity index (χ1n) is 5.59. The average Bonchev–Trinajstić information content (AvgIpc) is 2.25. The largest absolute Gasteiger partial charge is 0.368 e. The van der Waals surface area contributed by atoms with Crippen LogP contribution in [-0.4, -0.2) is 35.9 Å². The van der Waals surface area contributed by atoms with Crippen molar-refractivity contribution in [2.75, 3.05) is 18.1 Å². The standard InChI is InChI=1S/C11H17N3O4S/c1-8-5-9(14(15)16)6-12-10(8)13-7-11(2,3)19(4,17)18/h5-6H,7H2,1-4H3,(H,12,13). The number of hydrogen-bond acceptors (Lipinski definition) is 6. The molecule has 1 aromatic rings. The van der Waals surface area contributed by atoms with Crippen molar-refractivity contribution in [3.8, 4) is 0 Å². The fourth-order valence-corrected chi connectivity index (χ4v) is 1.61. The van der Waals surface area contributed by atoms with Gasteiger partial charge in [-0.2, -0.15) is 0 Å². The minimum atomic E-state index is -3.21. The van der Waals surface area contributed by atoms with Crippen molar-refractivity contribution in [2.24, 2.45) is 0 Å². The van der Waals surface area contributed by atoms with Crippen LogP contribution in [0.25, 0.3) is 0 Å². The van der Waals surface area contributed by atoms with Crippen molar-refractivity contribution >= 4 is 21.3 Å². The maximum absolute atomic E-state index is 11.6. The molecule has 7 nitrogen and oxygen atoms in total. The Morgan fingerprint density at radius 2 is 2.05 bits per heavy atom. The summed E-state index contributed by atoms with van der Waals surface area (Å²) in [4.78, 5) is 14.0. The summed E-state index contributed by atoms with van der Waals surface area (Å²) in [6.45, 7) is 5.07. The molecule has 8 heteroatoms. The maximum Gasteiger partial charge on any atom is 0.287 e. The van der Waals surface area contributed by atoms with Gasteiger partial charge >= 0.3 is 0 Å². The van der Waals surface area contributed by atoms with E-state index in [1.807, 2.05) is 0 Å². The molecule has 0 saturated carbocycles. The van der Waals surface area contributed by atoms with E-state index in [2.05, 4.69) is 10.3 Å². The van der Waals surface area contributed by atoms with Crippen LogP contribution in [0.4, 0.5) is 11.5 Å². The monoisotopic (exact) mass is 287 g/mol. The van der Waals surface area contributed by atoms with Crippen molar-refractivity contribution in [2.45, 2.75) is 25.5 Å². The van der Waals surface area contributed by atoms with Gasteiger partial charge in [-0.3, -0.25) is 10.1 Å². The van der Waals surface area contributed by atoms with Crippen LogP contribution in [0.15, 0.2) is 12.3 Å². The molecule has 0 amide bonds. The van der Waals surface area contributed by atoms with Gasteiger partial charge in [0.25, 0.3) is 5.69 Å². The Morgan fingerprint density at radius 3 is 2.47 bits per heavy atom. The second-order valence-corrected chi connectivity index (χ2v) is 7.65. The maximum atomic E-state index is 11.6. The van der Waals surface area contributed by atoms with E-state index in [4.69, 9.17) is 0 Å². The number of aryl methyl sites for hydroxylation is 1. The Bertz CT molecular complexity index is 596. The van der Waals surface area contributed by atoms with Gasteiger partial charge in [0.15, 0.2) is 9.84 Å². The minimum Gasteiger partial charge on any atom is -0.368 e. The summed E-state index contributed by atoms with van der Waals surface area (Å²) < 4.78 is 22.2. The van der Waals surface area contributed by atoms with E-state index in [9.17, 15) is 18.5 Å². The molecule has 0 aliphatic rings. The summed E-state index contributed by atoms with van der Waals surface area (Å²) in [5, 5.41) is 13.5. The van der Waals surface area contributed by atoms with Gasteiger partial charge in [-0.15, -0.1) is 0 Å². The van der Waals surface area contributed by atoms with Crippen LogP contribution in [0.2, 0.25) is 0 Å². The van der Waals surface area contributed by atoms with Crippen LogP contribution in [0.1, 0.15) is 19.4 Å². The number of sulfone groups is 1. The molecule has 0 spiro atoms. The highest BCUT2D eigenvalue weighted by molar-refractivity contribution is 7.92. The van der Waals surface area contributed by atoms with E-state index in [-0.39, 0.29) is 12.2 Å². The first-order valence-corrected chi connectivity index (χ1v) is 7.48. The SMILES string of the molecule is Cc1cc([N+](=O)[O-])cnc1NCC(C)(C)S(C)(=O)=O. The Hall–Kier alpha value is -1.70. The third-order valence-electron chi connectivity index (χ3n) is 2.96. The number of pyridine rings is 1. The zero-order valence-electron chi connectivity index (χ0n) is 11.3. The van der Waals surface area contributed by atoms with Crippen LogP contribution in [0.5, 0.6) is 0 Å².